The third-order valence-corrected chi connectivity index (χ3v) is 2.78. The van der Waals surface area contributed by atoms with Crippen LogP contribution in [0.1, 0.15) is 26.7 Å². The highest BCUT2D eigenvalue weighted by Crippen LogP contribution is 2.23. The van der Waals surface area contributed by atoms with Crippen LogP contribution in [0.4, 0.5) is 10.1 Å². The van der Waals surface area contributed by atoms with Crippen molar-refractivity contribution in [3.8, 4) is 0 Å². The lowest BCUT2D eigenvalue weighted by Gasteiger charge is -2.30. The van der Waals surface area contributed by atoms with E-state index in [1.807, 2.05) is 6.92 Å². The molecule has 0 saturated heterocycles. The van der Waals surface area contributed by atoms with Gasteiger partial charge in [0.25, 0.3) is 0 Å². The van der Waals surface area contributed by atoms with Crippen molar-refractivity contribution in [2.24, 2.45) is 5.73 Å². The number of rotatable bonds is 5. The highest BCUT2D eigenvalue weighted by Gasteiger charge is 2.21. The van der Waals surface area contributed by atoms with E-state index in [4.69, 9.17) is 17.3 Å². The normalized spacial score (nSPS) is 14.6. The van der Waals surface area contributed by atoms with Gasteiger partial charge >= 0.3 is 0 Å². The van der Waals surface area contributed by atoms with Crippen LogP contribution >= 0.6 is 11.6 Å². The molecule has 1 aromatic carbocycles. The van der Waals surface area contributed by atoms with Gasteiger partial charge in [0.15, 0.2) is 0 Å². The van der Waals surface area contributed by atoms with Gasteiger partial charge in [-0.15, -0.1) is 0 Å². The van der Waals surface area contributed by atoms with Crippen molar-refractivity contribution in [3.63, 3.8) is 0 Å². The zero-order chi connectivity index (χ0) is 12.2. The number of nitrogens with one attached hydrogen (secondary N) is 1. The predicted molar refractivity (Wildman–Crippen MR) is 67.4 cm³/mol. The molecule has 0 aliphatic rings. The van der Waals surface area contributed by atoms with Crippen LogP contribution in [0.5, 0.6) is 0 Å². The van der Waals surface area contributed by atoms with Crippen LogP contribution in [0.3, 0.4) is 0 Å². The topological polar surface area (TPSA) is 38.0 Å². The predicted octanol–water partition coefficient (Wildman–Crippen LogP) is 3.41. The molecule has 0 aromatic heterocycles. The zero-order valence-corrected chi connectivity index (χ0v) is 10.4. The van der Waals surface area contributed by atoms with E-state index < -0.39 is 0 Å². The molecule has 16 heavy (non-hydrogen) atoms. The van der Waals surface area contributed by atoms with E-state index in [9.17, 15) is 4.39 Å². The van der Waals surface area contributed by atoms with Crippen LogP contribution in [0, 0.1) is 5.82 Å². The molecule has 1 atom stereocenters. The van der Waals surface area contributed by atoms with Crippen LogP contribution in [0.2, 0.25) is 5.02 Å². The van der Waals surface area contributed by atoms with Gasteiger partial charge in [-0.25, -0.2) is 4.39 Å². The average Bonchev–Trinajstić information content (AvgIpc) is 2.16. The first-order chi connectivity index (χ1) is 7.49. The molecule has 0 aliphatic heterocycles. The molecule has 0 aliphatic carbocycles. The van der Waals surface area contributed by atoms with E-state index in [2.05, 4.69) is 12.2 Å². The lowest BCUT2D eigenvalue weighted by atomic mass is 9.96. The van der Waals surface area contributed by atoms with Gasteiger partial charge in [0.2, 0.25) is 0 Å². The van der Waals surface area contributed by atoms with Gasteiger partial charge in [0, 0.05) is 22.8 Å². The largest absolute Gasteiger partial charge is 0.378 e. The molecule has 1 aromatic rings. The maximum atomic E-state index is 13.1. The van der Waals surface area contributed by atoms with E-state index in [1.165, 1.54) is 12.1 Å². The van der Waals surface area contributed by atoms with Crippen molar-refractivity contribution in [2.45, 2.75) is 32.2 Å². The summed E-state index contributed by atoms with van der Waals surface area (Å²) >= 11 is 5.79. The van der Waals surface area contributed by atoms with Crippen LogP contribution < -0.4 is 11.1 Å². The van der Waals surface area contributed by atoms with Crippen molar-refractivity contribution in [1.82, 2.24) is 0 Å². The van der Waals surface area contributed by atoms with Gasteiger partial charge in [-0.3, -0.25) is 0 Å². The summed E-state index contributed by atoms with van der Waals surface area (Å²) in [5.41, 5.74) is 6.18. The second-order valence-corrected chi connectivity index (χ2v) is 4.73. The van der Waals surface area contributed by atoms with Crippen molar-refractivity contribution >= 4 is 17.3 Å². The van der Waals surface area contributed by atoms with Gasteiger partial charge < -0.3 is 11.1 Å². The van der Waals surface area contributed by atoms with Crippen molar-refractivity contribution < 1.29 is 4.39 Å². The molecule has 90 valence electrons. The second-order valence-electron chi connectivity index (χ2n) is 4.30. The molecular formula is C12H18ClFN2. The van der Waals surface area contributed by atoms with Gasteiger partial charge in [0.05, 0.1) is 0 Å². The maximum absolute atomic E-state index is 13.1. The summed E-state index contributed by atoms with van der Waals surface area (Å²) < 4.78 is 13.1. The Morgan fingerprint density at radius 2 is 2.12 bits per heavy atom. The van der Waals surface area contributed by atoms with Gasteiger partial charge in [-0.05, 0) is 31.5 Å². The van der Waals surface area contributed by atoms with Crippen LogP contribution in [0.25, 0.3) is 0 Å². The summed E-state index contributed by atoms with van der Waals surface area (Å²) in [4.78, 5) is 0. The highest BCUT2D eigenvalue weighted by molar-refractivity contribution is 6.30. The maximum Gasteiger partial charge on any atom is 0.126 e. The standard InChI is InChI=1S/C12H18ClFN2/c1-3-4-12(2,8-15)16-11-6-9(13)5-10(14)7-11/h5-7,16H,3-4,8,15H2,1-2H3. The molecule has 0 radical (unpaired) electrons. The minimum absolute atomic E-state index is 0.216. The highest BCUT2D eigenvalue weighted by atomic mass is 35.5. The molecule has 3 N–H and O–H groups in total. The SMILES string of the molecule is CCCC(C)(CN)Nc1cc(F)cc(Cl)c1. The summed E-state index contributed by atoms with van der Waals surface area (Å²) in [5.74, 6) is -0.342. The monoisotopic (exact) mass is 244 g/mol. The fourth-order valence-corrected chi connectivity index (χ4v) is 1.96. The van der Waals surface area contributed by atoms with Gasteiger partial charge in [-0.1, -0.05) is 24.9 Å². The number of halogens is 2. The summed E-state index contributed by atoms with van der Waals surface area (Å²) in [6.45, 7) is 4.61. The first-order valence-electron chi connectivity index (χ1n) is 5.43. The molecule has 0 saturated carbocycles. The fraction of sp³-hybridized carbons (Fsp3) is 0.500. The van der Waals surface area contributed by atoms with Crippen molar-refractivity contribution in [3.05, 3.63) is 29.0 Å². The minimum Gasteiger partial charge on any atom is -0.378 e. The van der Waals surface area contributed by atoms with Crippen LogP contribution in [-0.4, -0.2) is 12.1 Å². The average molecular weight is 245 g/mol. The number of hydrogen-bond donors (Lipinski definition) is 2. The lowest BCUT2D eigenvalue weighted by Crippen LogP contribution is -2.42. The van der Waals surface area contributed by atoms with Crippen molar-refractivity contribution in [1.29, 1.82) is 0 Å². The third-order valence-electron chi connectivity index (χ3n) is 2.56. The Morgan fingerprint density at radius 3 is 2.62 bits per heavy atom. The molecule has 0 fully saturated rings. The molecule has 2 nitrogen and oxygen atoms in total. The molecule has 0 spiro atoms. The number of nitrogens with two attached hydrogens (primary N) is 1. The van der Waals surface area contributed by atoms with E-state index in [0.29, 0.717) is 17.3 Å². The molecule has 1 unspecified atom stereocenters. The zero-order valence-electron chi connectivity index (χ0n) is 9.69. The molecule has 4 heteroatoms. The molecule has 0 amide bonds. The summed E-state index contributed by atoms with van der Waals surface area (Å²) in [7, 11) is 0. The Morgan fingerprint density at radius 1 is 1.44 bits per heavy atom. The van der Waals surface area contributed by atoms with Crippen LogP contribution in [0.15, 0.2) is 18.2 Å². The van der Waals surface area contributed by atoms with Gasteiger partial charge in [-0.2, -0.15) is 0 Å². The number of anilines is 1. The molecule has 1 rings (SSSR count). The Balaban J connectivity index is 2.85. The van der Waals surface area contributed by atoms with E-state index in [-0.39, 0.29) is 11.4 Å². The smallest absolute Gasteiger partial charge is 0.126 e. The fourth-order valence-electron chi connectivity index (χ4n) is 1.74. The van der Waals surface area contributed by atoms with Gasteiger partial charge in [0.1, 0.15) is 5.82 Å². The van der Waals surface area contributed by atoms with Crippen LogP contribution in [-0.2, 0) is 0 Å². The third kappa shape index (κ3) is 3.65. The summed E-state index contributed by atoms with van der Waals surface area (Å²) in [6, 6.07) is 4.41. The molecule has 0 bridgehead atoms. The Bertz CT molecular complexity index is 337. The summed E-state index contributed by atoms with van der Waals surface area (Å²) in [6.07, 6.45) is 1.95. The summed E-state index contributed by atoms with van der Waals surface area (Å²) in [5, 5.41) is 3.63. The Kier molecular flexibility index (Phi) is 4.56. The van der Waals surface area contributed by atoms with E-state index in [0.717, 1.165) is 12.8 Å². The minimum atomic E-state index is -0.342. The number of benzene rings is 1. The molecule has 0 heterocycles. The van der Waals surface area contributed by atoms with Crippen molar-refractivity contribution in [2.75, 3.05) is 11.9 Å². The first kappa shape index (κ1) is 13.3. The second kappa shape index (κ2) is 5.51. The number of hydrogen-bond acceptors (Lipinski definition) is 2. The quantitative estimate of drug-likeness (QED) is 0.833. The first-order valence-corrected chi connectivity index (χ1v) is 5.81. The Labute approximate surface area is 101 Å². The van der Waals surface area contributed by atoms with E-state index >= 15 is 0 Å². The van der Waals surface area contributed by atoms with E-state index in [1.54, 1.807) is 6.07 Å². The molecular weight excluding hydrogens is 227 g/mol. The Hall–Kier alpha value is -0.800. The lowest BCUT2D eigenvalue weighted by molar-refractivity contribution is 0.476.